The Hall–Kier alpha value is -1.88. The van der Waals surface area contributed by atoms with Crippen LogP contribution in [-0.2, 0) is 9.59 Å². The lowest BCUT2D eigenvalue weighted by Crippen LogP contribution is -2.41. The summed E-state index contributed by atoms with van der Waals surface area (Å²) in [7, 11) is 5.20. The first kappa shape index (κ1) is 18.2. The first-order chi connectivity index (χ1) is 10.4. The van der Waals surface area contributed by atoms with Gasteiger partial charge in [-0.05, 0) is 19.0 Å². The predicted molar refractivity (Wildman–Crippen MR) is 88.4 cm³/mol. The van der Waals surface area contributed by atoms with Crippen LogP contribution < -0.4 is 5.32 Å². The van der Waals surface area contributed by atoms with Crippen LogP contribution in [-0.4, -0.2) is 55.8 Å². The maximum Gasteiger partial charge on any atom is 0.236 e. The molecule has 5 heteroatoms. The smallest absolute Gasteiger partial charge is 0.236 e. The summed E-state index contributed by atoms with van der Waals surface area (Å²) < 4.78 is 0. The molecule has 122 valence electrons. The van der Waals surface area contributed by atoms with Crippen LogP contribution in [0.1, 0.15) is 31.4 Å². The Balaban J connectivity index is 2.55. The van der Waals surface area contributed by atoms with Crippen molar-refractivity contribution in [2.75, 3.05) is 34.2 Å². The number of hydrogen-bond acceptors (Lipinski definition) is 3. The van der Waals surface area contributed by atoms with Crippen LogP contribution in [0.5, 0.6) is 0 Å². The van der Waals surface area contributed by atoms with Gasteiger partial charge in [0, 0.05) is 14.1 Å². The summed E-state index contributed by atoms with van der Waals surface area (Å²) >= 11 is 0. The van der Waals surface area contributed by atoms with Gasteiger partial charge < -0.3 is 10.2 Å². The second-order valence-corrected chi connectivity index (χ2v) is 5.78. The van der Waals surface area contributed by atoms with E-state index in [2.05, 4.69) is 12.2 Å². The van der Waals surface area contributed by atoms with Gasteiger partial charge in [-0.25, -0.2) is 0 Å². The molecule has 0 fully saturated rings. The van der Waals surface area contributed by atoms with Crippen molar-refractivity contribution in [1.29, 1.82) is 0 Å². The molecule has 0 aliphatic rings. The molecule has 2 amide bonds. The monoisotopic (exact) mass is 305 g/mol. The highest BCUT2D eigenvalue weighted by Crippen LogP contribution is 2.17. The molecule has 0 saturated heterocycles. The van der Waals surface area contributed by atoms with Gasteiger partial charge in [0.15, 0.2) is 0 Å². The molecule has 0 bridgehead atoms. The zero-order valence-corrected chi connectivity index (χ0v) is 14.0. The Bertz CT molecular complexity index is 474. The van der Waals surface area contributed by atoms with Crippen molar-refractivity contribution in [2.45, 2.75) is 25.8 Å². The van der Waals surface area contributed by atoms with Crippen LogP contribution in [0.25, 0.3) is 0 Å². The summed E-state index contributed by atoms with van der Waals surface area (Å²) in [6.07, 6.45) is 1.89. The number of nitrogens with zero attached hydrogens (tertiary/aromatic N) is 2. The van der Waals surface area contributed by atoms with Crippen LogP contribution in [0.4, 0.5) is 0 Å². The summed E-state index contributed by atoms with van der Waals surface area (Å²) in [5.74, 6) is -0.0696. The van der Waals surface area contributed by atoms with Gasteiger partial charge in [0.25, 0.3) is 0 Å². The molecule has 0 radical (unpaired) electrons. The molecule has 1 N–H and O–H groups in total. The Morgan fingerprint density at radius 1 is 1.09 bits per heavy atom. The van der Waals surface area contributed by atoms with Crippen molar-refractivity contribution in [2.24, 2.45) is 0 Å². The van der Waals surface area contributed by atoms with Crippen molar-refractivity contribution in [3.05, 3.63) is 35.9 Å². The summed E-state index contributed by atoms with van der Waals surface area (Å²) in [6.45, 7) is 2.56. The lowest BCUT2D eigenvalue weighted by atomic mass is 10.0. The molecular weight excluding hydrogens is 278 g/mol. The number of nitrogens with one attached hydrogen (secondary N) is 1. The maximum atomic E-state index is 12.2. The van der Waals surface area contributed by atoms with Crippen molar-refractivity contribution in [3.63, 3.8) is 0 Å². The largest absolute Gasteiger partial charge is 0.348 e. The average molecular weight is 305 g/mol. The maximum absolute atomic E-state index is 12.2. The van der Waals surface area contributed by atoms with Crippen LogP contribution in [0, 0.1) is 0 Å². The first-order valence-electron chi connectivity index (χ1n) is 7.67. The first-order valence-corrected chi connectivity index (χ1v) is 7.67. The fraction of sp³-hybridized carbons (Fsp3) is 0.529. The van der Waals surface area contributed by atoms with Crippen LogP contribution in [0.3, 0.4) is 0 Å². The Kier molecular flexibility index (Phi) is 7.60. The van der Waals surface area contributed by atoms with E-state index in [1.807, 2.05) is 30.3 Å². The fourth-order valence-electron chi connectivity index (χ4n) is 2.21. The van der Waals surface area contributed by atoms with Gasteiger partial charge in [0.2, 0.25) is 11.8 Å². The Labute approximate surface area is 133 Å². The molecule has 5 nitrogen and oxygen atoms in total. The third-order valence-electron chi connectivity index (χ3n) is 3.43. The number of rotatable bonds is 8. The van der Waals surface area contributed by atoms with E-state index in [1.54, 1.807) is 26.0 Å². The van der Waals surface area contributed by atoms with Gasteiger partial charge in [0.1, 0.15) is 0 Å². The van der Waals surface area contributed by atoms with E-state index >= 15 is 0 Å². The minimum atomic E-state index is -0.0589. The molecule has 0 heterocycles. The zero-order chi connectivity index (χ0) is 16.5. The SMILES string of the molecule is CCCC(NC(=O)CN(C)CC(=O)N(C)C)c1ccccc1. The molecule has 1 aromatic carbocycles. The second-order valence-electron chi connectivity index (χ2n) is 5.78. The number of carbonyl (C=O) groups is 2. The number of benzene rings is 1. The molecule has 0 aliphatic heterocycles. The van der Waals surface area contributed by atoms with E-state index in [1.165, 1.54) is 4.90 Å². The van der Waals surface area contributed by atoms with E-state index in [-0.39, 0.29) is 30.9 Å². The standard InChI is InChI=1S/C17H27N3O2/c1-5-9-15(14-10-7-6-8-11-14)18-16(21)12-20(4)13-17(22)19(2)3/h6-8,10-11,15H,5,9,12-13H2,1-4H3,(H,18,21). The molecule has 0 aliphatic carbocycles. The van der Waals surface area contributed by atoms with Gasteiger partial charge in [0.05, 0.1) is 19.1 Å². The molecule has 0 aromatic heterocycles. The topological polar surface area (TPSA) is 52.7 Å². The van der Waals surface area contributed by atoms with Crippen molar-refractivity contribution >= 4 is 11.8 Å². The molecule has 1 aromatic rings. The van der Waals surface area contributed by atoms with E-state index in [0.717, 1.165) is 18.4 Å². The highest BCUT2D eigenvalue weighted by atomic mass is 16.2. The number of carbonyl (C=O) groups excluding carboxylic acids is 2. The van der Waals surface area contributed by atoms with Crippen molar-refractivity contribution < 1.29 is 9.59 Å². The summed E-state index contributed by atoms with van der Waals surface area (Å²) in [6, 6.07) is 10.0. The van der Waals surface area contributed by atoms with E-state index in [4.69, 9.17) is 0 Å². The highest BCUT2D eigenvalue weighted by Gasteiger charge is 2.16. The van der Waals surface area contributed by atoms with E-state index < -0.39 is 0 Å². The molecule has 1 atom stereocenters. The molecule has 0 spiro atoms. The second kappa shape index (κ2) is 9.20. The summed E-state index contributed by atoms with van der Waals surface area (Å²) in [4.78, 5) is 27.1. The normalized spacial score (nSPS) is 12.0. The highest BCUT2D eigenvalue weighted by molar-refractivity contribution is 5.81. The number of likely N-dealkylation sites (N-methyl/N-ethyl adjacent to an activating group) is 2. The minimum Gasteiger partial charge on any atom is -0.348 e. The third kappa shape index (κ3) is 6.26. The molecule has 1 rings (SSSR count). The van der Waals surface area contributed by atoms with Crippen LogP contribution in [0.2, 0.25) is 0 Å². The van der Waals surface area contributed by atoms with Gasteiger partial charge in [-0.15, -0.1) is 0 Å². The lowest BCUT2D eigenvalue weighted by molar-refractivity contribution is -0.130. The summed E-state index contributed by atoms with van der Waals surface area (Å²) in [5, 5.41) is 3.06. The van der Waals surface area contributed by atoms with Crippen LogP contribution >= 0.6 is 0 Å². The van der Waals surface area contributed by atoms with Gasteiger partial charge in [-0.1, -0.05) is 43.7 Å². The Morgan fingerprint density at radius 2 is 1.73 bits per heavy atom. The molecule has 1 unspecified atom stereocenters. The quantitative estimate of drug-likeness (QED) is 0.795. The molecule has 0 saturated carbocycles. The van der Waals surface area contributed by atoms with E-state index in [9.17, 15) is 9.59 Å². The molecule has 22 heavy (non-hydrogen) atoms. The fourth-order valence-corrected chi connectivity index (χ4v) is 2.21. The number of hydrogen-bond donors (Lipinski definition) is 1. The third-order valence-corrected chi connectivity index (χ3v) is 3.43. The van der Waals surface area contributed by atoms with Crippen molar-refractivity contribution in [3.8, 4) is 0 Å². The average Bonchev–Trinajstić information content (AvgIpc) is 2.47. The minimum absolute atomic E-state index is 0.0107. The van der Waals surface area contributed by atoms with Gasteiger partial charge in [-0.2, -0.15) is 0 Å². The Morgan fingerprint density at radius 3 is 2.27 bits per heavy atom. The van der Waals surface area contributed by atoms with E-state index in [0.29, 0.717) is 0 Å². The van der Waals surface area contributed by atoms with Gasteiger partial charge in [-0.3, -0.25) is 14.5 Å². The number of amides is 2. The predicted octanol–water partition coefficient (Wildman–Crippen LogP) is 1.66. The summed E-state index contributed by atoms with van der Waals surface area (Å²) in [5.41, 5.74) is 1.12. The van der Waals surface area contributed by atoms with Crippen LogP contribution in [0.15, 0.2) is 30.3 Å². The lowest BCUT2D eigenvalue weighted by Gasteiger charge is -2.22. The van der Waals surface area contributed by atoms with Gasteiger partial charge >= 0.3 is 0 Å². The van der Waals surface area contributed by atoms with Crippen molar-refractivity contribution in [1.82, 2.24) is 15.1 Å². The molecular formula is C17H27N3O2. The zero-order valence-electron chi connectivity index (χ0n) is 14.0.